The summed E-state index contributed by atoms with van der Waals surface area (Å²) in [6.07, 6.45) is 5.78. The van der Waals surface area contributed by atoms with E-state index < -0.39 is 9.84 Å². The second kappa shape index (κ2) is 5.52. The topological polar surface area (TPSA) is 86.0 Å². The maximum Gasteiger partial charge on any atom is 0.230 e. The molecular formula is C17H15N3O3S. The highest BCUT2D eigenvalue weighted by atomic mass is 32.2. The number of benzene rings is 1. The van der Waals surface area contributed by atoms with Gasteiger partial charge in [0.15, 0.2) is 9.84 Å². The van der Waals surface area contributed by atoms with Crippen molar-refractivity contribution in [1.82, 2.24) is 15.1 Å². The fourth-order valence-electron chi connectivity index (χ4n) is 2.79. The number of nitrogens with zero attached hydrogens (tertiary/aromatic N) is 3. The van der Waals surface area contributed by atoms with Gasteiger partial charge in [0.05, 0.1) is 4.90 Å². The average molecular weight is 341 g/mol. The highest BCUT2D eigenvalue weighted by molar-refractivity contribution is 7.90. The van der Waals surface area contributed by atoms with E-state index in [1.807, 2.05) is 12.3 Å². The van der Waals surface area contributed by atoms with Crippen LogP contribution in [0.5, 0.6) is 0 Å². The Morgan fingerprint density at radius 2 is 1.92 bits per heavy atom. The van der Waals surface area contributed by atoms with E-state index in [0.29, 0.717) is 17.6 Å². The summed E-state index contributed by atoms with van der Waals surface area (Å²) in [7, 11) is -3.21. The minimum Gasteiger partial charge on any atom is -0.339 e. The zero-order valence-corrected chi connectivity index (χ0v) is 13.8. The van der Waals surface area contributed by atoms with Gasteiger partial charge in [-0.2, -0.15) is 4.98 Å². The van der Waals surface area contributed by atoms with Crippen LogP contribution in [0.3, 0.4) is 0 Å². The Labute approximate surface area is 139 Å². The van der Waals surface area contributed by atoms with Crippen LogP contribution in [-0.4, -0.2) is 29.8 Å². The number of rotatable bonds is 4. The van der Waals surface area contributed by atoms with E-state index in [0.717, 1.165) is 12.0 Å². The molecular weight excluding hydrogens is 326 g/mol. The minimum atomic E-state index is -3.21. The molecule has 0 bridgehead atoms. The van der Waals surface area contributed by atoms with E-state index in [4.69, 9.17) is 4.52 Å². The van der Waals surface area contributed by atoms with Crippen molar-refractivity contribution in [2.24, 2.45) is 0 Å². The lowest BCUT2D eigenvalue weighted by atomic mass is 10.1. The molecule has 24 heavy (non-hydrogen) atoms. The third-order valence-electron chi connectivity index (χ3n) is 4.20. The molecule has 0 aliphatic heterocycles. The maximum absolute atomic E-state index is 11.5. The van der Waals surface area contributed by atoms with Crippen LogP contribution in [0.15, 0.2) is 58.2 Å². The molecule has 2 aromatic heterocycles. The van der Waals surface area contributed by atoms with E-state index in [-0.39, 0.29) is 10.8 Å². The van der Waals surface area contributed by atoms with Gasteiger partial charge in [-0.05, 0) is 48.2 Å². The number of aromatic nitrogens is 3. The SMILES string of the molecule is CS(=O)(=O)c1ccc(-c2noc([C@H]3C[C@H]3c3cccnc3)n2)cc1. The summed E-state index contributed by atoms with van der Waals surface area (Å²) in [5.74, 6) is 1.69. The smallest absolute Gasteiger partial charge is 0.230 e. The van der Waals surface area contributed by atoms with Gasteiger partial charge in [0.1, 0.15) is 0 Å². The van der Waals surface area contributed by atoms with Crippen molar-refractivity contribution in [3.8, 4) is 11.4 Å². The molecule has 0 amide bonds. The van der Waals surface area contributed by atoms with Crippen LogP contribution in [0, 0.1) is 0 Å². The molecule has 1 saturated carbocycles. The highest BCUT2D eigenvalue weighted by Crippen LogP contribution is 2.54. The monoisotopic (exact) mass is 341 g/mol. The van der Waals surface area contributed by atoms with E-state index in [2.05, 4.69) is 21.2 Å². The molecule has 7 heteroatoms. The molecule has 6 nitrogen and oxygen atoms in total. The molecule has 0 saturated heterocycles. The molecule has 0 unspecified atom stereocenters. The lowest BCUT2D eigenvalue weighted by Gasteiger charge is -1.98. The summed E-state index contributed by atoms with van der Waals surface area (Å²) < 4.78 is 28.4. The minimum absolute atomic E-state index is 0.228. The lowest BCUT2D eigenvalue weighted by molar-refractivity contribution is 0.378. The summed E-state index contributed by atoms with van der Waals surface area (Å²) in [5.41, 5.74) is 1.91. The predicted molar refractivity (Wildman–Crippen MR) is 87.2 cm³/mol. The third kappa shape index (κ3) is 2.82. The quantitative estimate of drug-likeness (QED) is 0.725. The first-order chi connectivity index (χ1) is 11.5. The van der Waals surface area contributed by atoms with Crippen LogP contribution in [-0.2, 0) is 9.84 Å². The first-order valence-electron chi connectivity index (χ1n) is 7.56. The molecule has 1 aromatic carbocycles. The van der Waals surface area contributed by atoms with Gasteiger partial charge in [-0.15, -0.1) is 0 Å². The van der Waals surface area contributed by atoms with Gasteiger partial charge >= 0.3 is 0 Å². The summed E-state index contributed by atoms with van der Waals surface area (Å²) >= 11 is 0. The van der Waals surface area contributed by atoms with Crippen LogP contribution >= 0.6 is 0 Å². The van der Waals surface area contributed by atoms with Gasteiger partial charge < -0.3 is 4.52 Å². The van der Waals surface area contributed by atoms with E-state index in [9.17, 15) is 8.42 Å². The van der Waals surface area contributed by atoms with Crippen LogP contribution < -0.4 is 0 Å². The van der Waals surface area contributed by atoms with Crippen LogP contribution in [0.4, 0.5) is 0 Å². The van der Waals surface area contributed by atoms with Crippen molar-refractivity contribution in [2.45, 2.75) is 23.2 Å². The van der Waals surface area contributed by atoms with Crippen molar-refractivity contribution in [3.63, 3.8) is 0 Å². The zero-order valence-electron chi connectivity index (χ0n) is 13.0. The highest BCUT2D eigenvalue weighted by Gasteiger charge is 2.43. The molecule has 1 fully saturated rings. The molecule has 0 spiro atoms. The van der Waals surface area contributed by atoms with Crippen LogP contribution in [0.1, 0.15) is 29.7 Å². The standard InChI is InChI=1S/C17H15N3O3S/c1-24(21,22)13-6-4-11(5-7-13)16-19-17(23-20-16)15-9-14(15)12-3-2-8-18-10-12/h2-8,10,14-15H,9H2,1H3/t14-,15-/m0/s1. The summed E-state index contributed by atoms with van der Waals surface area (Å²) in [5, 5.41) is 4.02. The van der Waals surface area contributed by atoms with Crippen molar-refractivity contribution >= 4 is 9.84 Å². The summed E-state index contributed by atoms with van der Waals surface area (Å²) in [6.45, 7) is 0. The Balaban J connectivity index is 1.54. The van der Waals surface area contributed by atoms with Crippen molar-refractivity contribution < 1.29 is 12.9 Å². The predicted octanol–water partition coefficient (Wildman–Crippen LogP) is 2.81. The first-order valence-corrected chi connectivity index (χ1v) is 9.45. The molecule has 0 radical (unpaired) electrons. The second-order valence-corrected chi connectivity index (χ2v) is 8.00. The molecule has 2 atom stereocenters. The van der Waals surface area contributed by atoms with Crippen molar-refractivity contribution in [3.05, 3.63) is 60.2 Å². The number of hydrogen-bond donors (Lipinski definition) is 0. The molecule has 2 heterocycles. The van der Waals surface area contributed by atoms with E-state index in [1.165, 1.54) is 11.8 Å². The number of pyridine rings is 1. The fourth-order valence-corrected chi connectivity index (χ4v) is 3.42. The number of hydrogen-bond acceptors (Lipinski definition) is 6. The molecule has 122 valence electrons. The fraction of sp³-hybridized carbons (Fsp3) is 0.235. The van der Waals surface area contributed by atoms with Crippen LogP contribution in [0.25, 0.3) is 11.4 Å². The molecule has 4 rings (SSSR count). The second-order valence-electron chi connectivity index (χ2n) is 5.99. The first kappa shape index (κ1) is 15.0. The normalized spacial score (nSPS) is 20.0. The summed E-state index contributed by atoms with van der Waals surface area (Å²) in [6, 6.07) is 10.5. The van der Waals surface area contributed by atoms with Gasteiger partial charge in [0, 0.05) is 30.1 Å². The van der Waals surface area contributed by atoms with E-state index in [1.54, 1.807) is 30.5 Å². The Kier molecular flexibility index (Phi) is 3.45. The Morgan fingerprint density at radius 1 is 1.12 bits per heavy atom. The lowest BCUT2D eigenvalue weighted by Crippen LogP contribution is -1.96. The largest absolute Gasteiger partial charge is 0.339 e. The van der Waals surface area contributed by atoms with Crippen molar-refractivity contribution in [2.75, 3.05) is 6.26 Å². The van der Waals surface area contributed by atoms with Crippen LogP contribution in [0.2, 0.25) is 0 Å². The molecule has 1 aliphatic carbocycles. The maximum atomic E-state index is 11.5. The molecule has 1 aliphatic rings. The summed E-state index contributed by atoms with van der Waals surface area (Å²) in [4.78, 5) is 8.87. The van der Waals surface area contributed by atoms with Gasteiger partial charge in [-0.3, -0.25) is 4.98 Å². The van der Waals surface area contributed by atoms with Gasteiger partial charge in [0.2, 0.25) is 11.7 Å². The van der Waals surface area contributed by atoms with Gasteiger partial charge in [-0.25, -0.2) is 8.42 Å². The molecule has 3 aromatic rings. The average Bonchev–Trinajstić information content (AvgIpc) is 3.24. The van der Waals surface area contributed by atoms with Gasteiger partial charge in [0.25, 0.3) is 0 Å². The third-order valence-corrected chi connectivity index (χ3v) is 5.33. The Morgan fingerprint density at radius 3 is 2.58 bits per heavy atom. The molecule has 0 N–H and O–H groups in total. The van der Waals surface area contributed by atoms with E-state index >= 15 is 0 Å². The van der Waals surface area contributed by atoms with Crippen molar-refractivity contribution in [1.29, 1.82) is 0 Å². The number of sulfone groups is 1. The zero-order chi connectivity index (χ0) is 16.7. The Bertz CT molecular complexity index is 966. The van der Waals surface area contributed by atoms with Gasteiger partial charge in [-0.1, -0.05) is 11.2 Å². The Hall–Kier alpha value is -2.54.